The topological polar surface area (TPSA) is 35.5 Å². The Morgan fingerprint density at radius 2 is 1.37 bits per heavy atom. The van der Waals surface area contributed by atoms with Gasteiger partial charge in [-0.05, 0) is 33.7 Å². The Labute approximate surface area is 163 Å². The number of rotatable bonds is 4. The summed E-state index contributed by atoms with van der Waals surface area (Å²) in [5, 5.41) is 0. The lowest BCUT2D eigenvalue weighted by molar-refractivity contribution is -0.145. The van der Waals surface area contributed by atoms with Crippen molar-refractivity contribution in [3.8, 4) is 22.3 Å². The molecule has 0 N–H and O–H groups in total. The Hall–Kier alpha value is -2.69. The minimum atomic E-state index is -0.547. The average molecular weight is 374 g/mol. The normalized spacial score (nSPS) is 11.3. The molecule has 0 atom stereocenters. The highest BCUT2D eigenvalue weighted by Gasteiger charge is 2.28. The van der Waals surface area contributed by atoms with Gasteiger partial charge in [0.05, 0.1) is 5.56 Å². The second-order valence-corrected chi connectivity index (χ2v) is 7.51. The maximum atomic E-state index is 12.6. The monoisotopic (exact) mass is 373 g/mol. The molecule has 0 aliphatic rings. The number of carbonyl (C=O) groups excluding carboxylic acids is 1. The summed E-state index contributed by atoms with van der Waals surface area (Å²) >= 11 is 0. The Bertz CT molecular complexity index is 929. The third-order valence-electron chi connectivity index (χ3n) is 4.44. The predicted octanol–water partition coefficient (Wildman–Crippen LogP) is 5.49. The smallest absolute Gasteiger partial charge is 0.305 e. The van der Waals surface area contributed by atoms with E-state index in [4.69, 9.17) is 4.89 Å². The molecular weight excluding hydrogens is 352 g/mol. The molecule has 0 saturated carbocycles. The molecule has 0 bridgehead atoms. The van der Waals surface area contributed by atoms with Crippen LogP contribution < -0.4 is 0 Å². The average Bonchev–Trinajstić information content (AvgIpc) is 2.67. The summed E-state index contributed by atoms with van der Waals surface area (Å²) in [7, 11) is 2.74. The van der Waals surface area contributed by atoms with Crippen molar-refractivity contribution in [2.75, 3.05) is 0 Å². The van der Waals surface area contributed by atoms with E-state index in [1.54, 1.807) is 6.07 Å². The van der Waals surface area contributed by atoms with Crippen molar-refractivity contribution < 1.29 is 14.3 Å². The van der Waals surface area contributed by atoms with Gasteiger partial charge in [-0.3, -0.25) is 0 Å². The zero-order valence-corrected chi connectivity index (χ0v) is 16.7. The quantitative estimate of drug-likeness (QED) is 0.345. The predicted molar refractivity (Wildman–Crippen MR) is 108 cm³/mol. The summed E-state index contributed by atoms with van der Waals surface area (Å²) in [6, 6.07) is 23.9. The first-order chi connectivity index (χ1) is 12.9. The molecule has 0 fully saturated rings. The van der Waals surface area contributed by atoms with Crippen LogP contribution >= 0.6 is 0 Å². The van der Waals surface area contributed by atoms with Gasteiger partial charge >= 0.3 is 16.5 Å². The first kappa shape index (κ1) is 19.1. The summed E-state index contributed by atoms with van der Waals surface area (Å²) in [5.41, 5.74) is 5.36. The number of carbonyl (C=O) groups is 1. The molecule has 3 rings (SSSR count). The summed E-state index contributed by atoms with van der Waals surface area (Å²) in [6.07, 6.45) is 0. The van der Waals surface area contributed by atoms with E-state index in [9.17, 15) is 4.79 Å². The molecule has 27 heavy (non-hydrogen) atoms. The summed E-state index contributed by atoms with van der Waals surface area (Å²) in [6.45, 7) is 6.45. The van der Waals surface area contributed by atoms with E-state index in [0.717, 1.165) is 27.8 Å². The molecule has 3 nitrogen and oxygen atoms in total. The van der Waals surface area contributed by atoms with Crippen molar-refractivity contribution in [1.29, 1.82) is 0 Å². The van der Waals surface area contributed by atoms with Crippen molar-refractivity contribution in [2.45, 2.75) is 26.2 Å². The van der Waals surface area contributed by atoms with E-state index in [2.05, 4.69) is 48.0 Å². The zero-order valence-electron chi connectivity index (χ0n) is 15.7. The van der Waals surface area contributed by atoms with Gasteiger partial charge in [0.25, 0.3) is 0 Å². The maximum Gasteiger partial charge on any atom is 0.372 e. The SMILES string of the molecule is CC(C)(C)c1c(-c2ccccc2)ccc(C(=O)OO[Si])c1-c1ccccc1. The third kappa shape index (κ3) is 4.02. The fourth-order valence-corrected chi connectivity index (χ4v) is 3.47. The molecule has 0 aliphatic carbocycles. The summed E-state index contributed by atoms with van der Waals surface area (Å²) in [4.78, 5) is 17.4. The van der Waals surface area contributed by atoms with Gasteiger partial charge in [-0.25, -0.2) is 9.37 Å². The number of benzene rings is 3. The molecule has 135 valence electrons. The maximum absolute atomic E-state index is 12.6. The molecular formula is C23H21O3Si. The standard InChI is InChI=1S/C23H21O3Si/c1-23(2,3)21-18(16-10-6-4-7-11-16)14-15-19(22(24)25-26-27)20(21)17-12-8-5-9-13-17/h4-15H,1-3H3. The van der Waals surface area contributed by atoms with Crippen LogP contribution in [-0.4, -0.2) is 16.5 Å². The Morgan fingerprint density at radius 3 is 1.89 bits per heavy atom. The van der Waals surface area contributed by atoms with Gasteiger partial charge in [-0.2, -0.15) is 0 Å². The van der Waals surface area contributed by atoms with Crippen LogP contribution in [0.5, 0.6) is 0 Å². The lowest BCUT2D eigenvalue weighted by Crippen LogP contribution is -2.18. The molecule has 0 unspecified atom stereocenters. The van der Waals surface area contributed by atoms with Crippen LogP contribution in [0.4, 0.5) is 0 Å². The van der Waals surface area contributed by atoms with Crippen molar-refractivity contribution in [3.05, 3.63) is 83.9 Å². The van der Waals surface area contributed by atoms with Crippen LogP contribution in [0, 0.1) is 0 Å². The number of hydrogen-bond donors (Lipinski definition) is 0. The van der Waals surface area contributed by atoms with Crippen molar-refractivity contribution in [1.82, 2.24) is 0 Å². The highest BCUT2D eigenvalue weighted by Crippen LogP contribution is 2.42. The second-order valence-electron chi connectivity index (χ2n) is 7.35. The molecule has 0 saturated heterocycles. The van der Waals surface area contributed by atoms with E-state index in [1.807, 2.05) is 54.6 Å². The Balaban J connectivity index is 2.39. The van der Waals surface area contributed by atoms with Crippen LogP contribution in [-0.2, 0) is 14.9 Å². The zero-order chi connectivity index (χ0) is 19.4. The Kier molecular flexibility index (Phi) is 5.58. The minimum absolute atomic E-state index is 0.207. The number of hydrogen-bond acceptors (Lipinski definition) is 3. The molecule has 0 aromatic heterocycles. The second kappa shape index (κ2) is 7.90. The van der Waals surface area contributed by atoms with E-state index in [-0.39, 0.29) is 5.41 Å². The molecule has 4 heteroatoms. The summed E-state index contributed by atoms with van der Waals surface area (Å²) < 4.78 is 4.45. The third-order valence-corrected chi connectivity index (χ3v) is 4.52. The van der Waals surface area contributed by atoms with Gasteiger partial charge in [0.15, 0.2) is 0 Å². The van der Waals surface area contributed by atoms with Crippen molar-refractivity contribution >= 4 is 16.5 Å². The van der Waals surface area contributed by atoms with Crippen molar-refractivity contribution in [3.63, 3.8) is 0 Å². The van der Waals surface area contributed by atoms with E-state index < -0.39 is 5.97 Å². The van der Waals surface area contributed by atoms with Crippen LogP contribution in [0.25, 0.3) is 22.3 Å². The van der Waals surface area contributed by atoms with Gasteiger partial charge in [0, 0.05) is 5.56 Å². The molecule has 0 amide bonds. The molecule has 3 radical (unpaired) electrons. The minimum Gasteiger partial charge on any atom is -0.305 e. The van der Waals surface area contributed by atoms with E-state index in [1.165, 1.54) is 0 Å². The highest BCUT2D eigenvalue weighted by atomic mass is 28.2. The first-order valence-electron chi connectivity index (χ1n) is 8.76. The van der Waals surface area contributed by atoms with E-state index >= 15 is 0 Å². The molecule has 0 heterocycles. The van der Waals surface area contributed by atoms with Crippen LogP contribution in [0.2, 0.25) is 0 Å². The fourth-order valence-electron chi connectivity index (χ4n) is 3.40. The van der Waals surface area contributed by atoms with Gasteiger partial charge in [-0.15, -0.1) is 0 Å². The molecule has 0 spiro atoms. The van der Waals surface area contributed by atoms with Crippen molar-refractivity contribution in [2.24, 2.45) is 0 Å². The van der Waals surface area contributed by atoms with Gasteiger partial charge in [0.1, 0.15) is 0 Å². The van der Waals surface area contributed by atoms with Gasteiger partial charge < -0.3 is 4.89 Å². The molecule has 3 aromatic rings. The van der Waals surface area contributed by atoms with Gasteiger partial charge in [0.2, 0.25) is 0 Å². The highest BCUT2D eigenvalue weighted by molar-refractivity contribution is 6.02. The van der Waals surface area contributed by atoms with Crippen LogP contribution in [0.15, 0.2) is 72.8 Å². The molecule has 0 aliphatic heterocycles. The van der Waals surface area contributed by atoms with Crippen LogP contribution in [0.1, 0.15) is 36.7 Å². The first-order valence-corrected chi connectivity index (χ1v) is 9.17. The fraction of sp³-hybridized carbons (Fsp3) is 0.174. The van der Waals surface area contributed by atoms with Crippen LogP contribution in [0.3, 0.4) is 0 Å². The lowest BCUT2D eigenvalue weighted by Gasteiger charge is -2.28. The van der Waals surface area contributed by atoms with Gasteiger partial charge in [-0.1, -0.05) is 87.5 Å². The largest absolute Gasteiger partial charge is 0.372 e. The molecule has 3 aromatic carbocycles. The lowest BCUT2D eigenvalue weighted by atomic mass is 9.75. The van der Waals surface area contributed by atoms with E-state index in [0.29, 0.717) is 5.56 Å². The Morgan fingerprint density at radius 1 is 0.815 bits per heavy atom. The summed E-state index contributed by atoms with van der Waals surface area (Å²) in [5.74, 6) is -0.547.